The van der Waals surface area contributed by atoms with E-state index in [1.54, 1.807) is 0 Å². The molecule has 3 heteroatoms. The lowest BCUT2D eigenvalue weighted by molar-refractivity contribution is -0.0642. The standard InChI is InChI=1S/C13H19NO2/c14-10-13(15,11-4-2-1-3-5-11)12-6-8-16-9-7-12/h1-5,12,15H,6-10,14H2. The summed E-state index contributed by atoms with van der Waals surface area (Å²) in [5.41, 5.74) is 5.80. The summed E-state index contributed by atoms with van der Waals surface area (Å²) < 4.78 is 5.32. The Kier molecular flexibility index (Phi) is 3.59. The molecule has 3 N–H and O–H groups in total. The molecule has 0 aliphatic carbocycles. The largest absolute Gasteiger partial charge is 0.384 e. The van der Waals surface area contributed by atoms with Gasteiger partial charge in [-0.25, -0.2) is 0 Å². The highest BCUT2D eigenvalue weighted by Gasteiger charge is 2.37. The van der Waals surface area contributed by atoms with Crippen LogP contribution in [-0.4, -0.2) is 24.9 Å². The van der Waals surface area contributed by atoms with Gasteiger partial charge < -0.3 is 15.6 Å². The molecule has 1 aromatic rings. The fraction of sp³-hybridized carbons (Fsp3) is 0.538. The topological polar surface area (TPSA) is 55.5 Å². The summed E-state index contributed by atoms with van der Waals surface area (Å²) in [7, 11) is 0. The first-order chi connectivity index (χ1) is 7.77. The lowest BCUT2D eigenvalue weighted by Crippen LogP contribution is -2.44. The Bertz CT molecular complexity index is 322. The summed E-state index contributed by atoms with van der Waals surface area (Å²) >= 11 is 0. The van der Waals surface area contributed by atoms with Crippen LogP contribution in [0.3, 0.4) is 0 Å². The highest BCUT2D eigenvalue weighted by atomic mass is 16.5. The molecular weight excluding hydrogens is 202 g/mol. The van der Waals surface area contributed by atoms with Gasteiger partial charge in [-0.15, -0.1) is 0 Å². The van der Waals surface area contributed by atoms with Crippen LogP contribution in [0.25, 0.3) is 0 Å². The van der Waals surface area contributed by atoms with Gasteiger partial charge in [0.25, 0.3) is 0 Å². The third kappa shape index (κ3) is 2.12. The number of rotatable bonds is 3. The highest BCUT2D eigenvalue weighted by molar-refractivity contribution is 5.24. The molecule has 0 saturated carbocycles. The van der Waals surface area contributed by atoms with Gasteiger partial charge in [0.2, 0.25) is 0 Å². The number of hydrogen-bond donors (Lipinski definition) is 2. The van der Waals surface area contributed by atoms with E-state index >= 15 is 0 Å². The molecule has 1 fully saturated rings. The highest BCUT2D eigenvalue weighted by Crippen LogP contribution is 2.35. The Morgan fingerprint density at radius 3 is 2.44 bits per heavy atom. The van der Waals surface area contributed by atoms with Crippen LogP contribution in [0.5, 0.6) is 0 Å². The molecule has 0 spiro atoms. The maximum Gasteiger partial charge on any atom is 0.105 e. The lowest BCUT2D eigenvalue weighted by atomic mass is 9.77. The molecule has 0 bridgehead atoms. The van der Waals surface area contributed by atoms with Crippen LogP contribution in [0, 0.1) is 5.92 Å². The molecule has 0 aromatic heterocycles. The van der Waals surface area contributed by atoms with E-state index in [4.69, 9.17) is 10.5 Å². The van der Waals surface area contributed by atoms with E-state index in [2.05, 4.69) is 0 Å². The molecule has 16 heavy (non-hydrogen) atoms. The van der Waals surface area contributed by atoms with Crippen molar-refractivity contribution in [3.05, 3.63) is 35.9 Å². The smallest absolute Gasteiger partial charge is 0.105 e. The molecule has 88 valence electrons. The van der Waals surface area contributed by atoms with Crippen molar-refractivity contribution in [1.82, 2.24) is 0 Å². The van der Waals surface area contributed by atoms with Crippen molar-refractivity contribution in [3.63, 3.8) is 0 Å². The van der Waals surface area contributed by atoms with Crippen molar-refractivity contribution >= 4 is 0 Å². The van der Waals surface area contributed by atoms with Crippen molar-refractivity contribution in [1.29, 1.82) is 0 Å². The van der Waals surface area contributed by atoms with Crippen LogP contribution >= 0.6 is 0 Å². The van der Waals surface area contributed by atoms with Gasteiger partial charge in [-0.2, -0.15) is 0 Å². The summed E-state index contributed by atoms with van der Waals surface area (Å²) in [4.78, 5) is 0. The molecular formula is C13H19NO2. The lowest BCUT2D eigenvalue weighted by Gasteiger charge is -2.38. The van der Waals surface area contributed by atoms with Crippen molar-refractivity contribution in [2.24, 2.45) is 11.7 Å². The van der Waals surface area contributed by atoms with Gasteiger partial charge in [0, 0.05) is 19.8 Å². The van der Waals surface area contributed by atoms with E-state index in [0.29, 0.717) is 0 Å². The Hall–Kier alpha value is -0.900. The Morgan fingerprint density at radius 1 is 1.25 bits per heavy atom. The molecule has 1 atom stereocenters. The van der Waals surface area contributed by atoms with Crippen molar-refractivity contribution in [2.75, 3.05) is 19.8 Å². The zero-order valence-electron chi connectivity index (χ0n) is 9.43. The summed E-state index contributed by atoms with van der Waals surface area (Å²) in [6.07, 6.45) is 1.76. The zero-order valence-corrected chi connectivity index (χ0v) is 9.43. The minimum atomic E-state index is -0.898. The van der Waals surface area contributed by atoms with E-state index in [1.807, 2.05) is 30.3 Å². The first kappa shape index (κ1) is 11.6. The summed E-state index contributed by atoms with van der Waals surface area (Å²) in [6.45, 7) is 1.71. The number of ether oxygens (including phenoxy) is 1. The SMILES string of the molecule is NCC(O)(c1ccccc1)C1CCOCC1. The van der Waals surface area contributed by atoms with E-state index < -0.39 is 5.60 Å². The zero-order chi connectivity index (χ0) is 11.4. The van der Waals surface area contributed by atoms with Crippen LogP contribution < -0.4 is 5.73 Å². The third-order valence-corrected chi connectivity index (χ3v) is 3.48. The van der Waals surface area contributed by atoms with Crippen molar-refractivity contribution in [2.45, 2.75) is 18.4 Å². The molecule has 1 unspecified atom stereocenters. The maximum atomic E-state index is 10.7. The second-order valence-electron chi connectivity index (χ2n) is 4.38. The number of benzene rings is 1. The quantitative estimate of drug-likeness (QED) is 0.808. The summed E-state index contributed by atoms with van der Waals surface area (Å²) in [5, 5.41) is 10.7. The van der Waals surface area contributed by atoms with Crippen molar-refractivity contribution in [3.8, 4) is 0 Å². The van der Waals surface area contributed by atoms with Crippen LogP contribution in [-0.2, 0) is 10.3 Å². The minimum Gasteiger partial charge on any atom is -0.384 e. The average molecular weight is 221 g/mol. The second kappa shape index (κ2) is 4.95. The molecule has 1 aliphatic rings. The van der Waals surface area contributed by atoms with Crippen molar-refractivity contribution < 1.29 is 9.84 Å². The van der Waals surface area contributed by atoms with Gasteiger partial charge in [0.15, 0.2) is 0 Å². The maximum absolute atomic E-state index is 10.7. The summed E-state index contributed by atoms with van der Waals surface area (Å²) in [6, 6.07) is 9.72. The van der Waals surface area contributed by atoms with Gasteiger partial charge >= 0.3 is 0 Å². The molecule has 0 amide bonds. The predicted octanol–water partition coefficient (Wildman–Crippen LogP) is 1.26. The van der Waals surface area contributed by atoms with E-state index in [0.717, 1.165) is 31.6 Å². The van der Waals surface area contributed by atoms with E-state index in [9.17, 15) is 5.11 Å². The average Bonchev–Trinajstić information content (AvgIpc) is 2.40. The van der Waals surface area contributed by atoms with Gasteiger partial charge in [0.05, 0.1) is 0 Å². The van der Waals surface area contributed by atoms with Gasteiger partial charge in [0.1, 0.15) is 5.60 Å². The van der Waals surface area contributed by atoms with E-state index in [1.165, 1.54) is 0 Å². The van der Waals surface area contributed by atoms with Crippen LogP contribution in [0.15, 0.2) is 30.3 Å². The van der Waals surface area contributed by atoms with Crippen LogP contribution in [0.4, 0.5) is 0 Å². The Balaban J connectivity index is 2.24. The third-order valence-electron chi connectivity index (χ3n) is 3.48. The molecule has 1 saturated heterocycles. The fourth-order valence-electron chi connectivity index (χ4n) is 2.42. The van der Waals surface area contributed by atoms with Gasteiger partial charge in [-0.1, -0.05) is 30.3 Å². The van der Waals surface area contributed by atoms with Gasteiger partial charge in [-0.05, 0) is 24.3 Å². The Morgan fingerprint density at radius 2 is 1.88 bits per heavy atom. The van der Waals surface area contributed by atoms with Gasteiger partial charge in [-0.3, -0.25) is 0 Å². The molecule has 1 aliphatic heterocycles. The molecule has 3 nitrogen and oxygen atoms in total. The Labute approximate surface area is 96.2 Å². The second-order valence-corrected chi connectivity index (χ2v) is 4.38. The monoisotopic (exact) mass is 221 g/mol. The normalized spacial score (nSPS) is 21.6. The van der Waals surface area contributed by atoms with Crippen LogP contribution in [0.2, 0.25) is 0 Å². The minimum absolute atomic E-state index is 0.202. The first-order valence-corrected chi connectivity index (χ1v) is 5.83. The summed E-state index contributed by atoms with van der Waals surface area (Å²) in [5.74, 6) is 0.202. The molecule has 2 rings (SSSR count). The molecule has 0 radical (unpaired) electrons. The first-order valence-electron chi connectivity index (χ1n) is 5.83. The molecule has 1 aromatic carbocycles. The number of aliphatic hydroxyl groups is 1. The fourth-order valence-corrected chi connectivity index (χ4v) is 2.42. The molecule has 1 heterocycles. The number of nitrogens with two attached hydrogens (primary N) is 1. The number of hydrogen-bond acceptors (Lipinski definition) is 3. The van der Waals surface area contributed by atoms with E-state index in [-0.39, 0.29) is 12.5 Å². The predicted molar refractivity (Wildman–Crippen MR) is 62.9 cm³/mol. The van der Waals surface area contributed by atoms with Crippen LogP contribution in [0.1, 0.15) is 18.4 Å².